The second-order valence-electron chi connectivity index (χ2n) is 4.60. The summed E-state index contributed by atoms with van der Waals surface area (Å²) in [7, 11) is 0. The number of carbonyl (C=O) groups is 1. The first-order chi connectivity index (χ1) is 10.1. The summed E-state index contributed by atoms with van der Waals surface area (Å²) in [5.74, 6) is 0.332. The van der Waals surface area contributed by atoms with Crippen LogP contribution < -0.4 is 0 Å². The molecule has 0 aliphatic carbocycles. The van der Waals surface area contributed by atoms with E-state index >= 15 is 0 Å². The van der Waals surface area contributed by atoms with Crippen LogP contribution in [0.3, 0.4) is 0 Å². The highest BCUT2D eigenvalue weighted by molar-refractivity contribution is 6.03. The maximum absolute atomic E-state index is 12.3. The molecule has 0 unspecified atom stereocenters. The Morgan fingerprint density at radius 2 is 2.14 bits per heavy atom. The van der Waals surface area contributed by atoms with Crippen molar-refractivity contribution in [3.8, 4) is 0 Å². The van der Waals surface area contributed by atoms with Gasteiger partial charge in [0.2, 0.25) is 0 Å². The summed E-state index contributed by atoms with van der Waals surface area (Å²) < 4.78 is 10.4. The molecule has 0 radical (unpaired) electrons. The van der Waals surface area contributed by atoms with Crippen LogP contribution in [-0.2, 0) is 4.74 Å². The number of nitrogens with zero attached hydrogens (tertiary/aromatic N) is 3. The maximum atomic E-state index is 12.3. The van der Waals surface area contributed by atoms with Crippen LogP contribution in [0.5, 0.6) is 0 Å². The van der Waals surface area contributed by atoms with Crippen molar-refractivity contribution < 1.29 is 14.1 Å². The average Bonchev–Trinajstić information content (AvgIpc) is 2.93. The van der Waals surface area contributed by atoms with Crippen molar-refractivity contribution in [1.82, 2.24) is 15.1 Å². The molecule has 0 aliphatic heterocycles. The summed E-state index contributed by atoms with van der Waals surface area (Å²) in [5.41, 5.74) is 1.21. The number of carbonyl (C=O) groups excluding carboxylic acids is 1. The highest BCUT2D eigenvalue weighted by atomic mass is 16.6. The van der Waals surface area contributed by atoms with Crippen molar-refractivity contribution in [1.29, 1.82) is 0 Å². The Kier molecular flexibility index (Phi) is 3.35. The molecule has 0 N–H and O–H groups in total. The fraction of sp³-hybridized carbons (Fsp3) is 0.200. The first-order valence-electron chi connectivity index (χ1n) is 6.50. The molecule has 1 atom stereocenters. The first-order valence-corrected chi connectivity index (χ1v) is 6.50. The lowest BCUT2D eigenvalue weighted by Crippen LogP contribution is -2.10. The molecule has 0 amide bonds. The molecule has 0 saturated carbocycles. The lowest BCUT2D eigenvalue weighted by Gasteiger charge is -2.10. The molecule has 2 heterocycles. The van der Waals surface area contributed by atoms with Gasteiger partial charge in [-0.2, -0.15) is 4.98 Å². The number of esters is 1. The third-order valence-corrected chi connectivity index (χ3v) is 3.04. The zero-order valence-corrected chi connectivity index (χ0v) is 11.6. The second kappa shape index (κ2) is 5.32. The summed E-state index contributed by atoms with van der Waals surface area (Å²) in [6.45, 7) is 3.39. The largest absolute Gasteiger partial charge is 0.449 e. The number of hydrogen-bond acceptors (Lipinski definition) is 6. The van der Waals surface area contributed by atoms with Gasteiger partial charge < -0.3 is 9.26 Å². The Bertz CT molecular complexity index is 792. The van der Waals surface area contributed by atoms with Crippen LogP contribution >= 0.6 is 0 Å². The Balaban J connectivity index is 1.87. The van der Waals surface area contributed by atoms with E-state index in [1.165, 1.54) is 0 Å². The molecule has 21 heavy (non-hydrogen) atoms. The quantitative estimate of drug-likeness (QED) is 0.688. The molecule has 0 spiro atoms. The van der Waals surface area contributed by atoms with Crippen molar-refractivity contribution >= 4 is 16.9 Å². The van der Waals surface area contributed by atoms with Gasteiger partial charge in [0.1, 0.15) is 0 Å². The summed E-state index contributed by atoms with van der Waals surface area (Å²) in [4.78, 5) is 20.6. The zero-order chi connectivity index (χ0) is 14.8. The molecule has 3 aromatic rings. The predicted molar refractivity (Wildman–Crippen MR) is 74.6 cm³/mol. The van der Waals surface area contributed by atoms with Crippen LogP contribution in [0, 0.1) is 6.92 Å². The van der Waals surface area contributed by atoms with E-state index in [0.29, 0.717) is 11.4 Å². The number of benzene rings is 1. The van der Waals surface area contributed by atoms with Crippen LogP contribution in [0.4, 0.5) is 0 Å². The summed E-state index contributed by atoms with van der Waals surface area (Å²) in [6, 6.07) is 8.94. The first kappa shape index (κ1) is 13.2. The summed E-state index contributed by atoms with van der Waals surface area (Å²) >= 11 is 0. The van der Waals surface area contributed by atoms with Gasteiger partial charge in [0.05, 0.1) is 11.1 Å². The van der Waals surface area contributed by atoms with Gasteiger partial charge in [-0.15, -0.1) is 0 Å². The molecule has 0 bridgehead atoms. The van der Waals surface area contributed by atoms with Crippen molar-refractivity contribution in [3.63, 3.8) is 0 Å². The SMILES string of the molecule is Cc1noc([C@@H](C)OC(=O)c2cccc3ncccc23)n1. The van der Waals surface area contributed by atoms with Crippen molar-refractivity contribution in [2.24, 2.45) is 0 Å². The van der Waals surface area contributed by atoms with Crippen LogP contribution in [0.15, 0.2) is 41.1 Å². The van der Waals surface area contributed by atoms with E-state index in [-0.39, 0.29) is 5.89 Å². The van der Waals surface area contributed by atoms with Crippen molar-refractivity contribution in [3.05, 3.63) is 53.8 Å². The molecule has 106 valence electrons. The molecule has 6 heteroatoms. The van der Waals surface area contributed by atoms with E-state index in [0.717, 1.165) is 10.9 Å². The maximum Gasteiger partial charge on any atom is 0.339 e. The molecule has 0 fully saturated rings. The fourth-order valence-electron chi connectivity index (χ4n) is 2.03. The van der Waals surface area contributed by atoms with Crippen LogP contribution in [0.25, 0.3) is 10.9 Å². The Hall–Kier alpha value is -2.76. The van der Waals surface area contributed by atoms with E-state index in [1.54, 1.807) is 38.2 Å². The van der Waals surface area contributed by atoms with E-state index in [4.69, 9.17) is 9.26 Å². The third-order valence-electron chi connectivity index (χ3n) is 3.04. The van der Waals surface area contributed by atoms with Crippen LogP contribution in [-0.4, -0.2) is 21.1 Å². The highest BCUT2D eigenvalue weighted by Gasteiger charge is 2.20. The lowest BCUT2D eigenvalue weighted by atomic mass is 10.1. The molecule has 0 saturated heterocycles. The minimum atomic E-state index is -0.606. The van der Waals surface area contributed by atoms with E-state index in [2.05, 4.69) is 15.1 Å². The van der Waals surface area contributed by atoms with Gasteiger partial charge >= 0.3 is 5.97 Å². The van der Waals surface area contributed by atoms with Gasteiger partial charge in [0, 0.05) is 11.6 Å². The van der Waals surface area contributed by atoms with Crippen LogP contribution in [0.2, 0.25) is 0 Å². The second-order valence-corrected chi connectivity index (χ2v) is 4.60. The number of fused-ring (bicyclic) bond motifs is 1. The smallest absolute Gasteiger partial charge is 0.339 e. The Morgan fingerprint density at radius 1 is 1.29 bits per heavy atom. The number of aromatic nitrogens is 3. The lowest BCUT2D eigenvalue weighted by molar-refractivity contribution is 0.0268. The van der Waals surface area contributed by atoms with Gasteiger partial charge in [-0.1, -0.05) is 17.3 Å². The monoisotopic (exact) mass is 283 g/mol. The number of aryl methyl sites for hydroxylation is 1. The molecule has 1 aromatic carbocycles. The van der Waals surface area contributed by atoms with E-state index in [9.17, 15) is 4.79 Å². The topological polar surface area (TPSA) is 78.1 Å². The van der Waals surface area contributed by atoms with Gasteiger partial charge in [-0.25, -0.2) is 4.79 Å². The van der Waals surface area contributed by atoms with E-state index < -0.39 is 12.1 Å². The molecule has 0 aliphatic rings. The fourth-order valence-corrected chi connectivity index (χ4v) is 2.03. The van der Waals surface area contributed by atoms with E-state index in [1.807, 2.05) is 12.1 Å². The van der Waals surface area contributed by atoms with Crippen LogP contribution in [0.1, 0.15) is 35.1 Å². The molecule has 6 nitrogen and oxygen atoms in total. The summed E-state index contributed by atoms with van der Waals surface area (Å²) in [5, 5.41) is 4.43. The molecular formula is C15H13N3O3. The third kappa shape index (κ3) is 2.60. The van der Waals surface area contributed by atoms with Crippen molar-refractivity contribution in [2.75, 3.05) is 0 Å². The molecule has 3 rings (SSSR count). The normalized spacial score (nSPS) is 12.3. The average molecular weight is 283 g/mol. The molecule has 2 aromatic heterocycles. The van der Waals surface area contributed by atoms with Gasteiger partial charge in [0.15, 0.2) is 11.9 Å². The van der Waals surface area contributed by atoms with Gasteiger partial charge in [-0.05, 0) is 32.0 Å². The van der Waals surface area contributed by atoms with Crippen molar-refractivity contribution in [2.45, 2.75) is 20.0 Å². The Labute approximate surface area is 120 Å². The predicted octanol–water partition coefficient (Wildman–Crippen LogP) is 2.84. The number of hydrogen-bond donors (Lipinski definition) is 0. The number of ether oxygens (including phenoxy) is 1. The number of rotatable bonds is 3. The van der Waals surface area contributed by atoms with Gasteiger partial charge in [-0.3, -0.25) is 4.98 Å². The zero-order valence-electron chi connectivity index (χ0n) is 11.6. The minimum Gasteiger partial charge on any atom is -0.449 e. The Morgan fingerprint density at radius 3 is 2.90 bits per heavy atom. The molecular weight excluding hydrogens is 270 g/mol. The number of pyridine rings is 1. The standard InChI is InChI=1S/C15H13N3O3/c1-9(14-17-10(2)18-21-14)20-15(19)12-5-3-7-13-11(12)6-4-8-16-13/h3-9H,1-2H3/t9-/m1/s1. The summed E-state index contributed by atoms with van der Waals surface area (Å²) in [6.07, 6.45) is 1.08. The van der Waals surface area contributed by atoms with Gasteiger partial charge in [0.25, 0.3) is 5.89 Å². The minimum absolute atomic E-state index is 0.277. The highest BCUT2D eigenvalue weighted by Crippen LogP contribution is 2.21.